The second-order valence-corrected chi connectivity index (χ2v) is 3.93. The Morgan fingerprint density at radius 2 is 2.12 bits per heavy atom. The number of hydrogen-bond donors (Lipinski definition) is 1. The van der Waals surface area contributed by atoms with Crippen LogP contribution in [0.5, 0.6) is 5.75 Å². The summed E-state index contributed by atoms with van der Waals surface area (Å²) >= 11 is 5.83. The first-order chi connectivity index (χ1) is 7.43. The van der Waals surface area contributed by atoms with Gasteiger partial charge in [-0.05, 0) is 19.2 Å². The van der Waals surface area contributed by atoms with E-state index in [1.54, 1.807) is 7.05 Å². The lowest BCUT2D eigenvalue weighted by Crippen LogP contribution is -2.17. The Morgan fingerprint density at radius 3 is 2.69 bits per heavy atom. The van der Waals surface area contributed by atoms with Gasteiger partial charge in [0.25, 0.3) is 0 Å². The second kappa shape index (κ2) is 3.82. The van der Waals surface area contributed by atoms with Crippen LogP contribution < -0.4 is 10.1 Å². The van der Waals surface area contributed by atoms with Crippen molar-refractivity contribution in [2.45, 2.75) is 12.2 Å². The predicted molar refractivity (Wildman–Crippen MR) is 53.7 cm³/mol. The van der Waals surface area contributed by atoms with E-state index in [0.717, 1.165) is 12.1 Å². The summed E-state index contributed by atoms with van der Waals surface area (Å²) in [5.74, 6) is 0.208. The largest absolute Gasteiger partial charge is 0.491 e. The molecule has 1 aromatic carbocycles. The summed E-state index contributed by atoms with van der Waals surface area (Å²) in [6.07, 6.45) is -4.40. The lowest BCUT2D eigenvalue weighted by atomic mass is 10.1. The molecule has 0 aromatic heterocycles. The van der Waals surface area contributed by atoms with Crippen molar-refractivity contribution in [3.63, 3.8) is 0 Å². The van der Waals surface area contributed by atoms with Gasteiger partial charge in [-0.2, -0.15) is 13.2 Å². The number of rotatable bonds is 1. The number of benzene rings is 1. The molecule has 1 N–H and O–H groups in total. The SMILES string of the molecule is CNC1COc2cc(C(F)(F)F)cc(Cl)c21. The smallest absolute Gasteiger partial charge is 0.416 e. The van der Waals surface area contributed by atoms with Gasteiger partial charge >= 0.3 is 6.18 Å². The van der Waals surface area contributed by atoms with Crippen molar-refractivity contribution in [3.8, 4) is 5.75 Å². The predicted octanol–water partition coefficient (Wildman–Crippen LogP) is 3.01. The number of hydrogen-bond acceptors (Lipinski definition) is 2. The van der Waals surface area contributed by atoms with Crippen LogP contribution >= 0.6 is 11.6 Å². The van der Waals surface area contributed by atoms with Crippen molar-refractivity contribution in [2.75, 3.05) is 13.7 Å². The molecular weight excluding hydrogens is 243 g/mol. The molecule has 2 rings (SSSR count). The van der Waals surface area contributed by atoms with Crippen molar-refractivity contribution in [1.29, 1.82) is 0 Å². The molecule has 1 heterocycles. The molecular formula is C10H9ClF3NO. The lowest BCUT2D eigenvalue weighted by Gasteiger charge is -2.11. The maximum Gasteiger partial charge on any atom is 0.416 e. The first-order valence-corrected chi connectivity index (χ1v) is 5.02. The van der Waals surface area contributed by atoms with Crippen LogP contribution in [0, 0.1) is 0 Å². The molecule has 6 heteroatoms. The summed E-state index contributed by atoms with van der Waals surface area (Å²) in [6, 6.07) is 1.77. The van der Waals surface area contributed by atoms with Crippen molar-refractivity contribution < 1.29 is 17.9 Å². The van der Waals surface area contributed by atoms with Crippen LogP contribution in [0.3, 0.4) is 0 Å². The summed E-state index contributed by atoms with van der Waals surface area (Å²) < 4.78 is 42.6. The standard InChI is InChI=1S/C10H9ClF3NO/c1-15-7-4-16-8-3-5(10(12,13)14)2-6(11)9(7)8/h2-3,7,15H,4H2,1H3. The molecule has 1 aliphatic rings. The topological polar surface area (TPSA) is 21.3 Å². The summed E-state index contributed by atoms with van der Waals surface area (Å²) in [7, 11) is 1.71. The van der Waals surface area contributed by atoms with E-state index in [4.69, 9.17) is 16.3 Å². The lowest BCUT2D eigenvalue weighted by molar-refractivity contribution is -0.137. The maximum absolute atomic E-state index is 12.5. The normalized spacial score (nSPS) is 19.4. The number of nitrogens with one attached hydrogen (secondary N) is 1. The minimum Gasteiger partial charge on any atom is -0.491 e. The third-order valence-electron chi connectivity index (χ3n) is 2.52. The highest BCUT2D eigenvalue weighted by molar-refractivity contribution is 6.31. The van der Waals surface area contributed by atoms with Crippen LogP contribution in [0.2, 0.25) is 5.02 Å². The third-order valence-corrected chi connectivity index (χ3v) is 2.83. The van der Waals surface area contributed by atoms with Gasteiger partial charge in [0.15, 0.2) is 0 Å². The summed E-state index contributed by atoms with van der Waals surface area (Å²) in [5.41, 5.74) is -0.190. The highest BCUT2D eigenvalue weighted by atomic mass is 35.5. The zero-order valence-electron chi connectivity index (χ0n) is 8.36. The van der Waals surface area contributed by atoms with Gasteiger partial charge in [-0.1, -0.05) is 11.6 Å². The van der Waals surface area contributed by atoms with Crippen LogP contribution in [0.15, 0.2) is 12.1 Å². The number of alkyl halides is 3. The van der Waals surface area contributed by atoms with Gasteiger partial charge in [0.2, 0.25) is 0 Å². The summed E-state index contributed by atoms with van der Waals surface area (Å²) in [6.45, 7) is 0.298. The van der Waals surface area contributed by atoms with E-state index in [-0.39, 0.29) is 16.8 Å². The van der Waals surface area contributed by atoms with Gasteiger partial charge in [-0.15, -0.1) is 0 Å². The molecule has 1 aliphatic heterocycles. The second-order valence-electron chi connectivity index (χ2n) is 3.52. The first kappa shape index (κ1) is 11.5. The van der Waals surface area contributed by atoms with E-state index in [0.29, 0.717) is 12.2 Å². The van der Waals surface area contributed by atoms with Gasteiger partial charge in [0, 0.05) is 10.6 Å². The van der Waals surface area contributed by atoms with E-state index < -0.39 is 11.7 Å². The molecule has 88 valence electrons. The number of likely N-dealkylation sites (N-methyl/N-ethyl adjacent to an activating group) is 1. The summed E-state index contributed by atoms with van der Waals surface area (Å²) in [4.78, 5) is 0. The number of fused-ring (bicyclic) bond motifs is 1. The molecule has 1 aromatic rings. The zero-order chi connectivity index (χ0) is 11.9. The monoisotopic (exact) mass is 251 g/mol. The Kier molecular flexibility index (Phi) is 2.75. The highest BCUT2D eigenvalue weighted by Crippen LogP contribution is 2.42. The number of halogens is 4. The molecule has 1 unspecified atom stereocenters. The van der Waals surface area contributed by atoms with Crippen LogP contribution in [0.4, 0.5) is 13.2 Å². The van der Waals surface area contributed by atoms with Gasteiger partial charge in [0.1, 0.15) is 12.4 Å². The molecule has 0 spiro atoms. The van der Waals surface area contributed by atoms with Gasteiger partial charge in [0.05, 0.1) is 11.6 Å². The Bertz CT molecular complexity index is 419. The van der Waals surface area contributed by atoms with Gasteiger partial charge in [-0.25, -0.2) is 0 Å². The van der Waals surface area contributed by atoms with Gasteiger partial charge in [-0.3, -0.25) is 0 Å². The molecule has 0 saturated heterocycles. The Morgan fingerprint density at radius 1 is 1.44 bits per heavy atom. The van der Waals surface area contributed by atoms with Crippen LogP contribution in [-0.4, -0.2) is 13.7 Å². The number of ether oxygens (including phenoxy) is 1. The minimum atomic E-state index is -4.40. The van der Waals surface area contributed by atoms with Gasteiger partial charge < -0.3 is 10.1 Å². The van der Waals surface area contributed by atoms with Crippen molar-refractivity contribution in [1.82, 2.24) is 5.32 Å². The molecule has 0 fully saturated rings. The third kappa shape index (κ3) is 1.85. The van der Waals surface area contributed by atoms with E-state index >= 15 is 0 Å². The fourth-order valence-corrected chi connectivity index (χ4v) is 2.04. The van der Waals surface area contributed by atoms with Crippen molar-refractivity contribution in [2.24, 2.45) is 0 Å². The Labute approximate surface area is 95.3 Å². The quantitative estimate of drug-likeness (QED) is 0.828. The maximum atomic E-state index is 12.5. The van der Waals surface area contributed by atoms with E-state index in [1.165, 1.54) is 0 Å². The molecule has 2 nitrogen and oxygen atoms in total. The Hall–Kier alpha value is -0.940. The molecule has 0 saturated carbocycles. The molecule has 16 heavy (non-hydrogen) atoms. The molecule has 0 bridgehead atoms. The Balaban J connectivity index is 2.50. The average Bonchev–Trinajstić information content (AvgIpc) is 2.59. The minimum absolute atomic E-state index is 0.0849. The molecule has 1 atom stereocenters. The van der Waals surface area contributed by atoms with Crippen LogP contribution in [-0.2, 0) is 6.18 Å². The van der Waals surface area contributed by atoms with E-state index in [1.807, 2.05) is 0 Å². The van der Waals surface area contributed by atoms with E-state index in [9.17, 15) is 13.2 Å². The molecule has 0 aliphatic carbocycles. The van der Waals surface area contributed by atoms with Crippen LogP contribution in [0.1, 0.15) is 17.2 Å². The summed E-state index contributed by atoms with van der Waals surface area (Å²) in [5, 5.41) is 3.01. The fraction of sp³-hybridized carbons (Fsp3) is 0.400. The van der Waals surface area contributed by atoms with Crippen molar-refractivity contribution in [3.05, 3.63) is 28.3 Å². The fourth-order valence-electron chi connectivity index (χ4n) is 1.70. The van der Waals surface area contributed by atoms with Crippen LogP contribution in [0.25, 0.3) is 0 Å². The van der Waals surface area contributed by atoms with E-state index in [2.05, 4.69) is 5.32 Å². The first-order valence-electron chi connectivity index (χ1n) is 4.64. The average molecular weight is 252 g/mol. The molecule has 0 radical (unpaired) electrons. The van der Waals surface area contributed by atoms with Crippen molar-refractivity contribution >= 4 is 11.6 Å². The highest BCUT2D eigenvalue weighted by Gasteiger charge is 2.35. The zero-order valence-corrected chi connectivity index (χ0v) is 9.12. The molecule has 0 amide bonds.